The van der Waals surface area contributed by atoms with Gasteiger partial charge in [-0.25, -0.2) is 4.98 Å². The van der Waals surface area contributed by atoms with E-state index in [4.69, 9.17) is 14.7 Å². The number of carbonyl (C=O) groups excluding carboxylic acids is 2. The van der Waals surface area contributed by atoms with Crippen molar-refractivity contribution in [3.8, 4) is 17.3 Å². The number of amides is 2. The molecule has 0 atom stereocenters. The lowest BCUT2D eigenvalue weighted by molar-refractivity contribution is -0.153. The van der Waals surface area contributed by atoms with E-state index >= 15 is 0 Å². The van der Waals surface area contributed by atoms with Crippen LogP contribution in [0, 0.1) is 6.92 Å². The van der Waals surface area contributed by atoms with E-state index in [2.05, 4.69) is 15.1 Å². The number of hydrogen-bond acceptors (Lipinski definition) is 7. The summed E-state index contributed by atoms with van der Waals surface area (Å²) in [6, 6.07) is 8.57. The van der Waals surface area contributed by atoms with Gasteiger partial charge in [-0.05, 0) is 24.3 Å². The molecule has 0 aliphatic carbocycles. The zero-order valence-electron chi connectivity index (χ0n) is 23.2. The van der Waals surface area contributed by atoms with Gasteiger partial charge in [-0.2, -0.15) is 18.2 Å². The zero-order valence-corrected chi connectivity index (χ0v) is 19.2. The Bertz CT molecular complexity index is 1660. The molecule has 0 saturated carbocycles. The molecule has 0 fully saturated rings. The van der Waals surface area contributed by atoms with Crippen LogP contribution in [0.25, 0.3) is 22.3 Å². The third-order valence-electron chi connectivity index (χ3n) is 5.45. The lowest BCUT2D eigenvalue weighted by Gasteiger charge is -2.28. The lowest BCUT2D eigenvalue weighted by atomic mass is 10.1. The van der Waals surface area contributed by atoms with Gasteiger partial charge in [-0.1, -0.05) is 17.3 Å². The van der Waals surface area contributed by atoms with Gasteiger partial charge in [0.1, 0.15) is 5.69 Å². The molecular weight excluding hydrogens is 493 g/mol. The van der Waals surface area contributed by atoms with Crippen molar-refractivity contribution in [2.45, 2.75) is 19.6 Å². The van der Waals surface area contributed by atoms with Crippen LogP contribution in [0.5, 0.6) is 5.88 Å². The third kappa shape index (κ3) is 5.10. The minimum absolute atomic E-state index is 0.0109. The number of aryl methyl sites for hydroxylation is 1. The largest absolute Gasteiger partial charge is 0.468 e. The van der Waals surface area contributed by atoms with E-state index in [1.807, 2.05) is 5.32 Å². The molecule has 4 aromatic rings. The maximum Gasteiger partial charge on any atom is 0.422 e. The summed E-state index contributed by atoms with van der Waals surface area (Å²) in [7, 11) is 0. The van der Waals surface area contributed by atoms with E-state index in [0.717, 1.165) is 0 Å². The van der Waals surface area contributed by atoms with E-state index < -0.39 is 37.6 Å². The van der Waals surface area contributed by atoms with Gasteiger partial charge in [0.05, 0.1) is 16.4 Å². The summed E-state index contributed by atoms with van der Waals surface area (Å²) in [5.41, 5.74) is 0.623. The fourth-order valence-corrected chi connectivity index (χ4v) is 3.83. The predicted molar refractivity (Wildman–Crippen MR) is 124 cm³/mol. The number of alkyl halides is 3. The van der Waals surface area contributed by atoms with Crippen LogP contribution in [-0.2, 0) is 6.54 Å². The first-order chi connectivity index (χ1) is 19.2. The number of ether oxygens (including phenoxy) is 1. The summed E-state index contributed by atoms with van der Waals surface area (Å²) < 4.78 is 83.1. The fraction of sp³-hybridized carbons (Fsp3) is 0.292. The number of rotatable bonds is 7. The molecule has 1 N–H and O–H groups in total. The summed E-state index contributed by atoms with van der Waals surface area (Å²) in [4.78, 5) is 34.9. The Morgan fingerprint density at radius 1 is 1.27 bits per heavy atom. The molecule has 0 radical (unpaired) electrons. The average Bonchev–Trinajstić information content (AvgIpc) is 3.51. The highest BCUT2D eigenvalue weighted by molar-refractivity contribution is 6.00. The number of nitrogens with one attached hydrogen (secondary N) is 1. The number of fused-ring (bicyclic) bond motifs is 3. The van der Waals surface area contributed by atoms with Crippen LogP contribution < -0.4 is 10.1 Å². The highest BCUT2D eigenvalue weighted by atomic mass is 19.4. The van der Waals surface area contributed by atoms with Gasteiger partial charge in [-0.3, -0.25) is 9.59 Å². The molecule has 1 aliphatic heterocycles. The minimum Gasteiger partial charge on any atom is -0.468 e. The van der Waals surface area contributed by atoms with Gasteiger partial charge in [0.2, 0.25) is 17.6 Å². The second-order valence-corrected chi connectivity index (χ2v) is 8.00. The third-order valence-corrected chi connectivity index (χ3v) is 5.45. The van der Waals surface area contributed by atoms with E-state index in [-0.39, 0.29) is 41.4 Å². The van der Waals surface area contributed by atoms with Crippen molar-refractivity contribution in [2.24, 2.45) is 0 Å². The molecule has 0 saturated heterocycles. The molecule has 4 heterocycles. The van der Waals surface area contributed by atoms with Crippen LogP contribution in [0.3, 0.4) is 0 Å². The van der Waals surface area contributed by atoms with Crippen molar-refractivity contribution in [2.75, 3.05) is 26.1 Å². The number of pyridine rings is 1. The molecule has 1 aliphatic rings. The van der Waals surface area contributed by atoms with Crippen LogP contribution in [-0.4, -0.2) is 68.7 Å². The molecule has 0 unspecified atom stereocenters. The van der Waals surface area contributed by atoms with Crippen molar-refractivity contribution in [3.63, 3.8) is 0 Å². The van der Waals surface area contributed by atoms with Crippen LogP contribution in [0.15, 0.2) is 47.1 Å². The van der Waals surface area contributed by atoms with Gasteiger partial charge in [0, 0.05) is 50.3 Å². The van der Waals surface area contributed by atoms with Gasteiger partial charge >= 0.3 is 6.18 Å². The standard InChI is InChI=1S/C24H21F3N6O4/c1-14-30-20(31-37-14)15-3-2-4-16(11-15)21(34)28-7-8-32-9-10-33-18-5-6-29-22(36-13-24(25,26)27)17(18)12-19(33)23(32)35/h2-6,11-12H,7-10,13H2,1H3,(H,28,34)/i7D2,8D2. The van der Waals surface area contributed by atoms with E-state index in [1.54, 1.807) is 13.0 Å². The summed E-state index contributed by atoms with van der Waals surface area (Å²) in [5.74, 6) is -1.76. The molecular formula is C24H21F3N6O4. The van der Waals surface area contributed by atoms with Crippen molar-refractivity contribution < 1.29 is 37.5 Å². The van der Waals surface area contributed by atoms with Gasteiger partial charge in [0.15, 0.2) is 6.61 Å². The number of halogens is 3. The topological polar surface area (TPSA) is 115 Å². The second kappa shape index (κ2) is 9.56. The average molecular weight is 518 g/mol. The second-order valence-electron chi connectivity index (χ2n) is 8.00. The summed E-state index contributed by atoms with van der Waals surface area (Å²) in [6.07, 6.45) is -3.39. The van der Waals surface area contributed by atoms with Crippen molar-refractivity contribution in [1.82, 2.24) is 29.9 Å². The molecule has 5 rings (SSSR count). The van der Waals surface area contributed by atoms with Gasteiger partial charge in [-0.15, -0.1) is 0 Å². The van der Waals surface area contributed by atoms with Crippen molar-refractivity contribution in [1.29, 1.82) is 0 Å². The molecule has 10 nitrogen and oxygen atoms in total. The molecule has 3 aromatic heterocycles. The van der Waals surface area contributed by atoms with Crippen LogP contribution in [0.1, 0.15) is 32.2 Å². The smallest absolute Gasteiger partial charge is 0.422 e. The number of aromatic nitrogens is 4. The molecule has 192 valence electrons. The normalized spacial score (nSPS) is 16.0. The van der Waals surface area contributed by atoms with Crippen LogP contribution in [0.2, 0.25) is 0 Å². The predicted octanol–water partition coefficient (Wildman–Crippen LogP) is 3.22. The van der Waals surface area contributed by atoms with Crippen molar-refractivity contribution in [3.05, 3.63) is 59.7 Å². The molecule has 0 spiro atoms. The highest BCUT2D eigenvalue weighted by Gasteiger charge is 2.31. The number of hydrogen-bond donors (Lipinski definition) is 1. The molecule has 0 bridgehead atoms. The fourth-order valence-electron chi connectivity index (χ4n) is 3.83. The van der Waals surface area contributed by atoms with E-state index in [1.165, 1.54) is 41.1 Å². The number of carbonyl (C=O) groups is 2. The Balaban J connectivity index is 1.38. The summed E-state index contributed by atoms with van der Waals surface area (Å²) in [6.45, 7) is -6.44. The number of benzene rings is 1. The Morgan fingerprint density at radius 2 is 2.11 bits per heavy atom. The first kappa shape index (κ1) is 19.7. The Labute approximate surface area is 213 Å². The van der Waals surface area contributed by atoms with E-state index in [0.29, 0.717) is 21.9 Å². The van der Waals surface area contributed by atoms with Gasteiger partial charge in [0.25, 0.3) is 11.8 Å². The molecule has 1 aromatic carbocycles. The first-order valence-electron chi connectivity index (χ1n) is 12.9. The Kier molecular flexibility index (Phi) is 5.10. The molecule has 13 heteroatoms. The van der Waals surface area contributed by atoms with E-state index in [9.17, 15) is 22.8 Å². The minimum atomic E-state index is -4.62. The highest BCUT2D eigenvalue weighted by Crippen LogP contribution is 2.30. The quantitative estimate of drug-likeness (QED) is 0.399. The molecule has 2 amide bonds. The monoisotopic (exact) mass is 518 g/mol. The SMILES string of the molecule is [2H]C([2H])(NC(=O)c1cccc(-c2noc(C)n2)c1)C([2H])([2H])N1CCn2c(cc3c(OCC(F)(F)F)nccc32)C1=O. The van der Waals surface area contributed by atoms with Crippen LogP contribution >= 0.6 is 0 Å². The maximum absolute atomic E-state index is 13.4. The Hall–Kier alpha value is -4.42. The lowest BCUT2D eigenvalue weighted by Crippen LogP contribution is -2.44. The summed E-state index contributed by atoms with van der Waals surface area (Å²) >= 11 is 0. The molecule has 37 heavy (non-hydrogen) atoms. The van der Waals surface area contributed by atoms with Crippen LogP contribution in [0.4, 0.5) is 13.2 Å². The Morgan fingerprint density at radius 3 is 2.86 bits per heavy atom. The zero-order chi connectivity index (χ0) is 29.7. The first-order valence-corrected chi connectivity index (χ1v) is 10.9. The maximum atomic E-state index is 13.4. The van der Waals surface area contributed by atoms with Gasteiger partial charge < -0.3 is 24.0 Å². The summed E-state index contributed by atoms with van der Waals surface area (Å²) in [5, 5.41) is 5.90. The number of nitrogens with zero attached hydrogens (tertiary/aromatic N) is 5. The van der Waals surface area contributed by atoms with Crippen molar-refractivity contribution >= 4 is 22.7 Å².